The van der Waals surface area contributed by atoms with Crippen LogP contribution in [0, 0.1) is 5.92 Å². The lowest BCUT2D eigenvalue weighted by Crippen LogP contribution is -2.62. The lowest BCUT2D eigenvalue weighted by molar-refractivity contribution is -0.159. The molecule has 6 atom stereocenters. The fourth-order valence-corrected chi connectivity index (χ4v) is 3.14. The Labute approximate surface area is 138 Å². The second kappa shape index (κ2) is 6.78. The molecule has 0 aromatic carbocycles. The molecule has 0 bridgehead atoms. The van der Waals surface area contributed by atoms with Crippen LogP contribution in [-0.2, 0) is 19.1 Å². The normalized spacial score (nSPS) is 34.0. The van der Waals surface area contributed by atoms with Gasteiger partial charge >= 0.3 is 5.97 Å². The third-order valence-electron chi connectivity index (χ3n) is 4.34. The summed E-state index contributed by atoms with van der Waals surface area (Å²) < 4.78 is 5.13. The summed E-state index contributed by atoms with van der Waals surface area (Å²) >= 11 is 0. The molecule has 0 aromatic rings. The van der Waals surface area contributed by atoms with Crippen LogP contribution in [0.1, 0.15) is 27.2 Å². The number of carbonyl (C=O) groups is 3. The molecule has 2 amide bonds. The van der Waals surface area contributed by atoms with E-state index in [2.05, 4.69) is 10.6 Å². The Hall–Kier alpha value is -2.13. The zero-order valence-corrected chi connectivity index (χ0v) is 13.6. The Morgan fingerprint density at radius 3 is 2.54 bits per heavy atom. The number of aliphatic hydroxyl groups excluding tert-OH is 3. The fourth-order valence-electron chi connectivity index (χ4n) is 3.14. The van der Waals surface area contributed by atoms with E-state index in [1.165, 1.54) is 20.8 Å². The molecular weight excluding hydrogens is 320 g/mol. The third kappa shape index (κ3) is 3.36. The first-order valence-corrected chi connectivity index (χ1v) is 7.70. The number of nitrogens with one attached hydrogen (secondary N) is 2. The van der Waals surface area contributed by atoms with E-state index in [4.69, 9.17) is 4.74 Å². The highest BCUT2D eigenvalue weighted by atomic mass is 16.5. The zero-order valence-electron chi connectivity index (χ0n) is 13.6. The number of hydrogen-bond donors (Lipinski definition) is 5. The van der Waals surface area contributed by atoms with Crippen LogP contribution in [0.3, 0.4) is 0 Å². The molecule has 1 fully saturated rings. The third-order valence-corrected chi connectivity index (χ3v) is 4.34. The van der Waals surface area contributed by atoms with E-state index in [9.17, 15) is 29.7 Å². The van der Waals surface area contributed by atoms with Gasteiger partial charge in [0.25, 0.3) is 0 Å². The second-order valence-corrected chi connectivity index (χ2v) is 6.22. The quantitative estimate of drug-likeness (QED) is 0.392. The summed E-state index contributed by atoms with van der Waals surface area (Å²) in [5, 5.41) is 35.2. The Morgan fingerprint density at radius 2 is 1.96 bits per heavy atom. The van der Waals surface area contributed by atoms with Gasteiger partial charge in [-0.2, -0.15) is 0 Å². The van der Waals surface area contributed by atoms with Gasteiger partial charge in [-0.15, -0.1) is 0 Å². The van der Waals surface area contributed by atoms with Crippen molar-refractivity contribution >= 4 is 17.8 Å². The molecule has 0 spiro atoms. The average Bonchev–Trinajstić information content (AvgIpc) is 2.46. The molecule has 1 heterocycles. The minimum atomic E-state index is -1.34. The first-order valence-electron chi connectivity index (χ1n) is 7.70. The molecule has 9 nitrogen and oxygen atoms in total. The van der Waals surface area contributed by atoms with Gasteiger partial charge in [0, 0.05) is 19.3 Å². The molecule has 5 N–H and O–H groups in total. The van der Waals surface area contributed by atoms with Gasteiger partial charge in [0.1, 0.15) is 17.9 Å². The van der Waals surface area contributed by atoms with Gasteiger partial charge in [0.05, 0.1) is 23.8 Å². The van der Waals surface area contributed by atoms with Crippen molar-refractivity contribution in [1.29, 1.82) is 0 Å². The summed E-state index contributed by atoms with van der Waals surface area (Å²) in [4.78, 5) is 35.3. The molecule has 0 aromatic heterocycles. The predicted octanol–water partition coefficient (Wildman–Crippen LogP) is -1.51. The van der Waals surface area contributed by atoms with Crippen LogP contribution in [-0.4, -0.2) is 63.5 Å². The Morgan fingerprint density at radius 1 is 1.33 bits per heavy atom. The Balaban J connectivity index is 2.27. The standard InChI is InChI=1S/C15H22N2O7/c1-5(16-7(3)18)14(22)17-12-6(2)24-15(23)10-8(19)4-9(20)13(21)11(10)12/h5-6,9,11-13,19-21H,4H2,1-3H3,(H,16,18)(H,17,22)/t5-,6-,9-,11-,12+,13-/m1/s1. The first-order chi connectivity index (χ1) is 11.1. The topological polar surface area (TPSA) is 145 Å². The summed E-state index contributed by atoms with van der Waals surface area (Å²) in [6.07, 6.45) is -3.65. The van der Waals surface area contributed by atoms with Gasteiger partial charge in [-0.25, -0.2) is 4.79 Å². The lowest BCUT2D eigenvalue weighted by atomic mass is 9.74. The van der Waals surface area contributed by atoms with Crippen LogP contribution in [0.15, 0.2) is 11.3 Å². The van der Waals surface area contributed by atoms with Gasteiger partial charge in [-0.1, -0.05) is 0 Å². The van der Waals surface area contributed by atoms with Crippen LogP contribution in [0.5, 0.6) is 0 Å². The van der Waals surface area contributed by atoms with Crippen molar-refractivity contribution in [3.63, 3.8) is 0 Å². The second-order valence-electron chi connectivity index (χ2n) is 6.22. The first kappa shape index (κ1) is 18.2. The summed E-state index contributed by atoms with van der Waals surface area (Å²) in [6, 6.07) is -1.69. The van der Waals surface area contributed by atoms with E-state index < -0.39 is 48.2 Å². The molecule has 1 saturated heterocycles. The Kier molecular flexibility index (Phi) is 5.14. The van der Waals surface area contributed by atoms with Crippen LogP contribution in [0.25, 0.3) is 0 Å². The van der Waals surface area contributed by atoms with E-state index in [-0.39, 0.29) is 23.7 Å². The largest absolute Gasteiger partial charge is 0.512 e. The Bertz CT molecular complexity index is 588. The number of carbonyl (C=O) groups excluding carboxylic acids is 3. The maximum Gasteiger partial charge on any atom is 0.338 e. The maximum absolute atomic E-state index is 12.2. The number of rotatable bonds is 3. The van der Waals surface area contributed by atoms with Crippen molar-refractivity contribution in [1.82, 2.24) is 10.6 Å². The van der Waals surface area contributed by atoms with E-state index in [0.717, 1.165) is 0 Å². The highest BCUT2D eigenvalue weighted by Crippen LogP contribution is 2.37. The van der Waals surface area contributed by atoms with E-state index in [1.54, 1.807) is 0 Å². The minimum Gasteiger partial charge on any atom is -0.512 e. The lowest BCUT2D eigenvalue weighted by Gasteiger charge is -2.43. The number of amides is 2. The molecule has 1 aliphatic heterocycles. The van der Waals surface area contributed by atoms with Crippen molar-refractivity contribution in [3.05, 3.63) is 11.3 Å². The maximum atomic E-state index is 12.2. The van der Waals surface area contributed by atoms with Crippen molar-refractivity contribution in [3.8, 4) is 0 Å². The van der Waals surface area contributed by atoms with Crippen LogP contribution < -0.4 is 10.6 Å². The molecular formula is C15H22N2O7. The molecule has 1 aliphatic carbocycles. The van der Waals surface area contributed by atoms with Crippen molar-refractivity contribution < 1.29 is 34.4 Å². The van der Waals surface area contributed by atoms with E-state index in [1.807, 2.05) is 0 Å². The summed E-state index contributed by atoms with van der Waals surface area (Å²) in [5.41, 5.74) is -0.136. The molecule has 24 heavy (non-hydrogen) atoms. The van der Waals surface area contributed by atoms with Gasteiger partial charge in [-0.05, 0) is 13.8 Å². The van der Waals surface area contributed by atoms with Gasteiger partial charge in [0.15, 0.2) is 0 Å². The molecule has 9 heteroatoms. The molecule has 134 valence electrons. The molecule has 0 saturated carbocycles. The smallest absolute Gasteiger partial charge is 0.338 e. The SMILES string of the molecule is CC(=O)N[C@H](C)C(=O)N[C@@H]1[C@H]2C(=C(O)C[C@@H](O)[C@H]2O)C(=O)O[C@@H]1C. The monoisotopic (exact) mass is 342 g/mol. The molecule has 0 radical (unpaired) electrons. The van der Waals surface area contributed by atoms with E-state index in [0.29, 0.717) is 0 Å². The fraction of sp³-hybridized carbons (Fsp3) is 0.667. The van der Waals surface area contributed by atoms with E-state index >= 15 is 0 Å². The number of ether oxygens (including phenoxy) is 1. The van der Waals surface area contributed by atoms with Gasteiger partial charge < -0.3 is 30.7 Å². The summed E-state index contributed by atoms with van der Waals surface area (Å²) in [5.74, 6) is -3.06. The number of hydrogen-bond acceptors (Lipinski definition) is 7. The van der Waals surface area contributed by atoms with Crippen molar-refractivity contribution in [2.75, 3.05) is 0 Å². The average molecular weight is 342 g/mol. The van der Waals surface area contributed by atoms with Crippen LogP contribution in [0.4, 0.5) is 0 Å². The van der Waals surface area contributed by atoms with Crippen LogP contribution in [0.2, 0.25) is 0 Å². The molecule has 2 aliphatic rings. The van der Waals surface area contributed by atoms with Gasteiger partial charge in [-0.3, -0.25) is 9.59 Å². The van der Waals surface area contributed by atoms with Crippen LogP contribution >= 0.6 is 0 Å². The van der Waals surface area contributed by atoms with Crippen molar-refractivity contribution in [2.45, 2.75) is 57.6 Å². The van der Waals surface area contributed by atoms with Crippen molar-refractivity contribution in [2.24, 2.45) is 5.92 Å². The number of fused-ring (bicyclic) bond motifs is 1. The predicted molar refractivity (Wildman–Crippen MR) is 80.5 cm³/mol. The summed E-state index contributed by atoms with van der Waals surface area (Å²) in [6.45, 7) is 4.29. The number of aliphatic hydroxyl groups is 3. The van der Waals surface area contributed by atoms with Gasteiger partial charge in [0.2, 0.25) is 11.8 Å². The molecule has 0 unspecified atom stereocenters. The zero-order chi connectivity index (χ0) is 18.2. The summed E-state index contributed by atoms with van der Waals surface area (Å²) in [7, 11) is 0. The number of cyclic esters (lactones) is 1. The highest BCUT2D eigenvalue weighted by molar-refractivity contribution is 5.92. The highest BCUT2D eigenvalue weighted by Gasteiger charge is 2.51. The minimum absolute atomic E-state index is 0.136. The number of esters is 1. The molecule has 2 rings (SSSR count).